The van der Waals surface area contributed by atoms with Gasteiger partial charge in [0.25, 0.3) is 0 Å². The molecule has 2 aliphatic rings. The van der Waals surface area contributed by atoms with Gasteiger partial charge in [-0.3, -0.25) is 0 Å². The summed E-state index contributed by atoms with van der Waals surface area (Å²) in [4.78, 5) is 0. The number of benzene rings is 1. The lowest BCUT2D eigenvalue weighted by Crippen LogP contribution is -2.37. The third kappa shape index (κ3) is 1.74. The van der Waals surface area contributed by atoms with Gasteiger partial charge in [0, 0.05) is 30.5 Å². The number of alkyl halides is 2. The molecule has 0 atom stereocenters. The molecule has 1 heterocycles. The third-order valence-electron chi connectivity index (χ3n) is 4.35. The normalized spacial score (nSPS) is 23.5. The zero-order valence-electron chi connectivity index (χ0n) is 10.4. The molecule has 1 aliphatic carbocycles. The summed E-state index contributed by atoms with van der Waals surface area (Å²) in [5.41, 5.74) is 2.10. The summed E-state index contributed by atoms with van der Waals surface area (Å²) < 4.78 is 31.9. The van der Waals surface area contributed by atoms with Crippen LogP contribution in [0.2, 0.25) is 0 Å². The molecule has 0 unspecified atom stereocenters. The van der Waals surface area contributed by atoms with E-state index in [-0.39, 0.29) is 18.3 Å². The van der Waals surface area contributed by atoms with Crippen LogP contribution in [0, 0.1) is 0 Å². The van der Waals surface area contributed by atoms with Crippen LogP contribution in [0.4, 0.5) is 14.5 Å². The fourth-order valence-corrected chi connectivity index (χ4v) is 3.14. The first kappa shape index (κ1) is 11.8. The van der Waals surface area contributed by atoms with Gasteiger partial charge >= 0.3 is 0 Å². The van der Waals surface area contributed by atoms with Gasteiger partial charge in [0.2, 0.25) is 5.92 Å². The van der Waals surface area contributed by atoms with Gasteiger partial charge in [0.1, 0.15) is 5.75 Å². The average Bonchev–Trinajstić information content (AvgIpc) is 2.72. The molecule has 0 amide bonds. The van der Waals surface area contributed by atoms with Crippen molar-refractivity contribution in [3.8, 4) is 5.75 Å². The van der Waals surface area contributed by atoms with Crippen molar-refractivity contribution in [2.24, 2.45) is 0 Å². The van der Waals surface area contributed by atoms with E-state index >= 15 is 0 Å². The van der Waals surface area contributed by atoms with Crippen LogP contribution in [-0.2, 0) is 5.41 Å². The Morgan fingerprint density at radius 1 is 1.17 bits per heavy atom. The van der Waals surface area contributed by atoms with E-state index in [0.29, 0.717) is 12.8 Å². The second-order valence-electron chi connectivity index (χ2n) is 5.40. The number of nitrogens with one attached hydrogen (secondary N) is 1. The van der Waals surface area contributed by atoms with E-state index in [1.165, 1.54) is 0 Å². The predicted octanol–water partition coefficient (Wildman–Crippen LogP) is 3.57. The van der Waals surface area contributed by atoms with Crippen LogP contribution in [0.15, 0.2) is 18.2 Å². The van der Waals surface area contributed by atoms with Gasteiger partial charge < -0.3 is 10.1 Å². The fourth-order valence-electron chi connectivity index (χ4n) is 3.14. The summed E-state index contributed by atoms with van der Waals surface area (Å²) in [7, 11) is 1.63. The zero-order valence-corrected chi connectivity index (χ0v) is 10.4. The molecule has 0 radical (unpaired) electrons. The number of halogens is 2. The maximum Gasteiger partial charge on any atom is 0.248 e. The van der Waals surface area contributed by atoms with Crippen LogP contribution in [0.25, 0.3) is 0 Å². The molecule has 3 rings (SSSR count). The van der Waals surface area contributed by atoms with Crippen molar-refractivity contribution >= 4 is 5.69 Å². The second-order valence-corrected chi connectivity index (χ2v) is 5.40. The minimum Gasteiger partial charge on any atom is -0.497 e. The highest BCUT2D eigenvalue weighted by Gasteiger charge is 2.47. The van der Waals surface area contributed by atoms with Crippen molar-refractivity contribution < 1.29 is 13.5 Å². The summed E-state index contributed by atoms with van der Waals surface area (Å²) in [6.07, 6.45) is 1.08. The topological polar surface area (TPSA) is 21.3 Å². The van der Waals surface area contributed by atoms with Gasteiger partial charge in [-0.2, -0.15) is 0 Å². The first-order valence-electron chi connectivity index (χ1n) is 6.35. The number of hydrogen-bond acceptors (Lipinski definition) is 2. The SMILES string of the molecule is COc1ccc2c(c1)C1(CCC(F)(F)CC1)CN2. The maximum absolute atomic E-state index is 13.3. The molecule has 2 nitrogen and oxygen atoms in total. The van der Waals surface area contributed by atoms with E-state index in [4.69, 9.17) is 4.74 Å². The molecule has 1 aliphatic heterocycles. The molecule has 1 aromatic carbocycles. The van der Waals surface area contributed by atoms with E-state index in [9.17, 15) is 8.78 Å². The van der Waals surface area contributed by atoms with Crippen LogP contribution in [0.3, 0.4) is 0 Å². The van der Waals surface area contributed by atoms with Gasteiger partial charge in [-0.05, 0) is 36.6 Å². The van der Waals surface area contributed by atoms with Crippen molar-refractivity contribution in [1.29, 1.82) is 0 Å². The van der Waals surface area contributed by atoms with Crippen molar-refractivity contribution in [2.45, 2.75) is 37.0 Å². The number of ether oxygens (including phenoxy) is 1. The standard InChI is InChI=1S/C14H17F2NO/c1-18-10-2-3-12-11(8-10)13(9-17-12)4-6-14(15,16)7-5-13/h2-3,8,17H,4-7,9H2,1H3. The van der Waals surface area contributed by atoms with Crippen LogP contribution in [-0.4, -0.2) is 19.6 Å². The fraction of sp³-hybridized carbons (Fsp3) is 0.571. The van der Waals surface area contributed by atoms with E-state index in [0.717, 1.165) is 23.5 Å². The highest BCUT2D eigenvalue weighted by Crippen LogP contribution is 2.50. The molecule has 18 heavy (non-hydrogen) atoms. The molecule has 0 bridgehead atoms. The molecular weight excluding hydrogens is 236 g/mol. The number of rotatable bonds is 1. The largest absolute Gasteiger partial charge is 0.497 e. The molecule has 98 valence electrons. The predicted molar refractivity (Wildman–Crippen MR) is 66.6 cm³/mol. The lowest BCUT2D eigenvalue weighted by molar-refractivity contribution is -0.0496. The average molecular weight is 253 g/mol. The summed E-state index contributed by atoms with van der Waals surface area (Å²) in [5.74, 6) is -1.68. The molecule has 0 saturated heterocycles. The minimum atomic E-state index is -2.48. The number of hydrogen-bond donors (Lipinski definition) is 1. The monoisotopic (exact) mass is 253 g/mol. The van der Waals surface area contributed by atoms with E-state index in [2.05, 4.69) is 5.32 Å². The summed E-state index contributed by atoms with van der Waals surface area (Å²) in [5, 5.41) is 3.34. The Balaban J connectivity index is 1.94. The lowest BCUT2D eigenvalue weighted by Gasteiger charge is -2.37. The Kier molecular flexibility index (Phi) is 2.50. The third-order valence-corrected chi connectivity index (χ3v) is 4.35. The molecule has 1 spiro atoms. The van der Waals surface area contributed by atoms with E-state index in [1.807, 2.05) is 18.2 Å². The Labute approximate surface area is 105 Å². The first-order chi connectivity index (χ1) is 8.55. The molecule has 1 N–H and O–H groups in total. The van der Waals surface area contributed by atoms with Gasteiger partial charge in [0.05, 0.1) is 7.11 Å². The second kappa shape index (κ2) is 3.84. The van der Waals surface area contributed by atoms with Gasteiger partial charge in [-0.25, -0.2) is 8.78 Å². The molecule has 1 saturated carbocycles. The molecule has 0 aromatic heterocycles. The van der Waals surface area contributed by atoms with Crippen LogP contribution >= 0.6 is 0 Å². The van der Waals surface area contributed by atoms with Crippen LogP contribution < -0.4 is 10.1 Å². The number of fused-ring (bicyclic) bond motifs is 2. The Morgan fingerprint density at radius 2 is 1.89 bits per heavy atom. The summed E-state index contributed by atoms with van der Waals surface area (Å²) in [6, 6.07) is 5.89. The van der Waals surface area contributed by atoms with E-state index in [1.54, 1.807) is 7.11 Å². The zero-order chi connectivity index (χ0) is 12.8. The Morgan fingerprint density at radius 3 is 2.56 bits per heavy atom. The van der Waals surface area contributed by atoms with Crippen LogP contribution in [0.5, 0.6) is 5.75 Å². The van der Waals surface area contributed by atoms with Crippen LogP contribution in [0.1, 0.15) is 31.2 Å². The number of methoxy groups -OCH3 is 1. The van der Waals surface area contributed by atoms with Crippen molar-refractivity contribution in [1.82, 2.24) is 0 Å². The first-order valence-corrected chi connectivity index (χ1v) is 6.35. The Bertz CT molecular complexity index is 463. The smallest absolute Gasteiger partial charge is 0.248 e. The molecule has 1 fully saturated rings. The van der Waals surface area contributed by atoms with Gasteiger partial charge in [0.15, 0.2) is 0 Å². The summed E-state index contributed by atoms with van der Waals surface area (Å²) >= 11 is 0. The summed E-state index contributed by atoms with van der Waals surface area (Å²) in [6.45, 7) is 0.769. The quantitative estimate of drug-likeness (QED) is 0.826. The van der Waals surface area contributed by atoms with Crippen molar-refractivity contribution in [3.63, 3.8) is 0 Å². The molecular formula is C14H17F2NO. The lowest BCUT2D eigenvalue weighted by atomic mass is 9.69. The minimum absolute atomic E-state index is 0.00860. The number of anilines is 1. The molecule has 1 aromatic rings. The highest BCUT2D eigenvalue weighted by molar-refractivity contribution is 5.62. The Hall–Kier alpha value is -1.32. The van der Waals surface area contributed by atoms with Gasteiger partial charge in [-0.1, -0.05) is 0 Å². The highest BCUT2D eigenvalue weighted by atomic mass is 19.3. The van der Waals surface area contributed by atoms with Gasteiger partial charge in [-0.15, -0.1) is 0 Å². The van der Waals surface area contributed by atoms with Crippen molar-refractivity contribution in [2.75, 3.05) is 19.0 Å². The van der Waals surface area contributed by atoms with Crippen molar-refractivity contribution in [3.05, 3.63) is 23.8 Å². The van der Waals surface area contributed by atoms with E-state index < -0.39 is 5.92 Å². The maximum atomic E-state index is 13.3. The molecule has 4 heteroatoms.